The normalized spacial score (nSPS) is 19.5. The van der Waals surface area contributed by atoms with E-state index in [2.05, 4.69) is 15.5 Å². The molecule has 0 heterocycles. The van der Waals surface area contributed by atoms with Crippen LogP contribution in [0.4, 0.5) is 5.69 Å². The number of carbonyl (C=O) groups excluding carboxylic acids is 2. The Morgan fingerprint density at radius 2 is 1.74 bits per heavy atom. The molecule has 23 heavy (non-hydrogen) atoms. The maximum Gasteiger partial charge on any atom is 0.228 e. The second kappa shape index (κ2) is 7.99. The highest BCUT2D eigenvalue weighted by atomic mass is 35.5. The van der Waals surface area contributed by atoms with Crippen molar-refractivity contribution < 1.29 is 9.59 Å². The van der Waals surface area contributed by atoms with E-state index in [1.54, 1.807) is 18.2 Å². The van der Waals surface area contributed by atoms with Gasteiger partial charge in [-0.2, -0.15) is 0 Å². The third-order valence-corrected chi connectivity index (χ3v) is 4.11. The first-order valence-corrected chi connectivity index (χ1v) is 8.32. The average Bonchev–Trinajstić information content (AvgIpc) is 3.22. The summed E-state index contributed by atoms with van der Waals surface area (Å²) in [5.41, 5.74) is 0.546. The molecule has 0 bridgehead atoms. The SMILES string of the molecule is CN(C)CCCNC(=O)C1CC1C(=O)Nc1cc(Cl)cc(Cl)c1. The Kier molecular flexibility index (Phi) is 6.27. The summed E-state index contributed by atoms with van der Waals surface area (Å²) in [6, 6.07) is 4.86. The van der Waals surface area contributed by atoms with Crippen LogP contribution in [-0.4, -0.2) is 43.9 Å². The van der Waals surface area contributed by atoms with Gasteiger partial charge < -0.3 is 15.5 Å². The summed E-state index contributed by atoms with van der Waals surface area (Å²) in [5, 5.41) is 6.55. The highest BCUT2D eigenvalue weighted by Crippen LogP contribution is 2.39. The zero-order chi connectivity index (χ0) is 17.0. The molecule has 5 nitrogen and oxygen atoms in total. The molecule has 2 amide bonds. The summed E-state index contributed by atoms with van der Waals surface area (Å²) >= 11 is 11.8. The number of anilines is 1. The summed E-state index contributed by atoms with van der Waals surface area (Å²) in [4.78, 5) is 26.2. The van der Waals surface area contributed by atoms with Crippen molar-refractivity contribution in [2.75, 3.05) is 32.5 Å². The number of nitrogens with zero attached hydrogens (tertiary/aromatic N) is 1. The summed E-state index contributed by atoms with van der Waals surface area (Å²) in [6.07, 6.45) is 1.48. The van der Waals surface area contributed by atoms with E-state index in [1.807, 2.05) is 14.1 Å². The van der Waals surface area contributed by atoms with E-state index in [9.17, 15) is 9.59 Å². The van der Waals surface area contributed by atoms with Gasteiger partial charge in [0.05, 0.1) is 11.8 Å². The Balaban J connectivity index is 1.76. The van der Waals surface area contributed by atoms with Crippen LogP contribution in [0.25, 0.3) is 0 Å². The Bertz CT molecular complexity index is 572. The lowest BCUT2D eigenvalue weighted by Gasteiger charge is -2.10. The third kappa shape index (κ3) is 5.68. The molecule has 126 valence electrons. The van der Waals surface area contributed by atoms with Crippen LogP contribution >= 0.6 is 23.2 Å². The molecule has 1 aromatic rings. The van der Waals surface area contributed by atoms with Gasteiger partial charge >= 0.3 is 0 Å². The summed E-state index contributed by atoms with van der Waals surface area (Å²) in [5.74, 6) is -0.726. The van der Waals surface area contributed by atoms with E-state index < -0.39 is 0 Å². The minimum Gasteiger partial charge on any atom is -0.356 e. The number of hydrogen-bond acceptors (Lipinski definition) is 3. The molecular formula is C16H21Cl2N3O2. The fraction of sp³-hybridized carbons (Fsp3) is 0.500. The van der Waals surface area contributed by atoms with Crippen molar-refractivity contribution in [3.63, 3.8) is 0 Å². The van der Waals surface area contributed by atoms with Crippen LogP contribution in [0.2, 0.25) is 10.0 Å². The van der Waals surface area contributed by atoms with Crippen molar-refractivity contribution in [2.24, 2.45) is 11.8 Å². The van der Waals surface area contributed by atoms with Crippen LogP contribution < -0.4 is 10.6 Å². The molecular weight excluding hydrogens is 337 g/mol. The lowest BCUT2D eigenvalue weighted by Crippen LogP contribution is -2.30. The van der Waals surface area contributed by atoms with Gasteiger partial charge in [-0.1, -0.05) is 23.2 Å². The van der Waals surface area contributed by atoms with Gasteiger partial charge in [0.1, 0.15) is 0 Å². The predicted octanol–water partition coefficient (Wildman–Crippen LogP) is 2.64. The van der Waals surface area contributed by atoms with Crippen molar-refractivity contribution in [3.8, 4) is 0 Å². The van der Waals surface area contributed by atoms with Crippen LogP contribution in [-0.2, 0) is 9.59 Å². The monoisotopic (exact) mass is 357 g/mol. The van der Waals surface area contributed by atoms with Gasteiger partial charge in [-0.15, -0.1) is 0 Å². The maximum absolute atomic E-state index is 12.1. The highest BCUT2D eigenvalue weighted by molar-refractivity contribution is 6.35. The lowest BCUT2D eigenvalue weighted by atomic mass is 10.2. The van der Waals surface area contributed by atoms with E-state index >= 15 is 0 Å². The van der Waals surface area contributed by atoms with Gasteiger partial charge in [-0.25, -0.2) is 0 Å². The predicted molar refractivity (Wildman–Crippen MR) is 92.9 cm³/mol. The second-order valence-electron chi connectivity index (χ2n) is 6.04. The van der Waals surface area contributed by atoms with Crippen LogP contribution in [0.1, 0.15) is 12.8 Å². The Morgan fingerprint density at radius 1 is 1.13 bits per heavy atom. The second-order valence-corrected chi connectivity index (χ2v) is 6.92. The van der Waals surface area contributed by atoms with Gasteiger partial charge in [0.15, 0.2) is 0 Å². The van der Waals surface area contributed by atoms with E-state index in [0.717, 1.165) is 13.0 Å². The number of halogens is 2. The molecule has 0 aromatic heterocycles. The fourth-order valence-electron chi connectivity index (χ4n) is 2.37. The molecule has 0 radical (unpaired) electrons. The number of nitrogens with one attached hydrogen (secondary N) is 2. The number of rotatable bonds is 7. The van der Waals surface area contributed by atoms with Gasteiger partial charge in [0.2, 0.25) is 11.8 Å². The molecule has 1 aliphatic carbocycles. The van der Waals surface area contributed by atoms with Crippen LogP contribution in [0.3, 0.4) is 0 Å². The Morgan fingerprint density at radius 3 is 2.35 bits per heavy atom. The first-order chi connectivity index (χ1) is 10.9. The molecule has 2 rings (SSSR count). The first-order valence-electron chi connectivity index (χ1n) is 7.56. The van der Waals surface area contributed by atoms with E-state index in [4.69, 9.17) is 23.2 Å². The molecule has 0 spiro atoms. The van der Waals surface area contributed by atoms with Crippen molar-refractivity contribution in [2.45, 2.75) is 12.8 Å². The van der Waals surface area contributed by atoms with Gasteiger partial charge in [0.25, 0.3) is 0 Å². The van der Waals surface area contributed by atoms with Crippen LogP contribution in [0, 0.1) is 11.8 Å². The quantitative estimate of drug-likeness (QED) is 0.737. The summed E-state index contributed by atoms with van der Waals surface area (Å²) in [7, 11) is 3.98. The summed E-state index contributed by atoms with van der Waals surface area (Å²) in [6.45, 7) is 1.55. The van der Waals surface area contributed by atoms with E-state index in [-0.39, 0.29) is 23.7 Å². The highest BCUT2D eigenvalue weighted by Gasteiger charge is 2.47. The molecule has 2 atom stereocenters. The topological polar surface area (TPSA) is 61.4 Å². The van der Waals surface area contributed by atoms with Crippen LogP contribution in [0.5, 0.6) is 0 Å². The standard InChI is InChI=1S/C16H21Cl2N3O2/c1-21(2)5-3-4-19-15(22)13-9-14(13)16(23)20-12-7-10(17)6-11(18)8-12/h6-8,13-14H,3-5,9H2,1-2H3,(H,19,22)(H,20,23). The number of hydrogen-bond donors (Lipinski definition) is 2. The largest absolute Gasteiger partial charge is 0.356 e. The first kappa shape index (κ1) is 18.0. The maximum atomic E-state index is 12.1. The molecule has 2 unspecified atom stereocenters. The lowest BCUT2D eigenvalue weighted by molar-refractivity contribution is -0.125. The van der Waals surface area contributed by atoms with Gasteiger partial charge in [-0.3, -0.25) is 9.59 Å². The van der Waals surface area contributed by atoms with Crippen molar-refractivity contribution in [1.82, 2.24) is 10.2 Å². The third-order valence-electron chi connectivity index (χ3n) is 3.68. The Hall–Kier alpha value is -1.30. The molecule has 2 N–H and O–H groups in total. The molecule has 1 saturated carbocycles. The van der Waals surface area contributed by atoms with Gasteiger partial charge in [-0.05, 0) is 51.7 Å². The minimum atomic E-state index is -0.276. The minimum absolute atomic E-state index is 0.0481. The molecule has 1 aromatic carbocycles. The molecule has 0 saturated heterocycles. The van der Waals surface area contributed by atoms with Crippen molar-refractivity contribution in [3.05, 3.63) is 28.2 Å². The zero-order valence-corrected chi connectivity index (χ0v) is 14.7. The molecule has 0 aliphatic heterocycles. The number of carbonyl (C=O) groups is 2. The Labute approximate surface area is 146 Å². The van der Waals surface area contributed by atoms with E-state index in [1.165, 1.54) is 0 Å². The molecule has 7 heteroatoms. The number of benzene rings is 1. The molecule has 1 fully saturated rings. The fourth-order valence-corrected chi connectivity index (χ4v) is 2.90. The summed E-state index contributed by atoms with van der Waals surface area (Å²) < 4.78 is 0. The van der Waals surface area contributed by atoms with Crippen LogP contribution in [0.15, 0.2) is 18.2 Å². The number of amides is 2. The van der Waals surface area contributed by atoms with E-state index in [0.29, 0.717) is 28.7 Å². The van der Waals surface area contributed by atoms with Crippen molar-refractivity contribution >= 4 is 40.7 Å². The smallest absolute Gasteiger partial charge is 0.228 e. The average molecular weight is 358 g/mol. The zero-order valence-electron chi connectivity index (χ0n) is 13.2. The van der Waals surface area contributed by atoms with Gasteiger partial charge in [0, 0.05) is 22.3 Å². The molecule has 1 aliphatic rings. The van der Waals surface area contributed by atoms with Crippen molar-refractivity contribution in [1.29, 1.82) is 0 Å².